The van der Waals surface area contributed by atoms with Crippen molar-refractivity contribution in [1.29, 1.82) is 0 Å². The number of fused-ring (bicyclic) bond motifs is 4. The van der Waals surface area contributed by atoms with Crippen LogP contribution in [-0.2, 0) is 0 Å². The fourth-order valence-corrected chi connectivity index (χ4v) is 15.8. The lowest BCUT2D eigenvalue weighted by molar-refractivity contribution is 0.838. The highest BCUT2D eigenvalue weighted by Crippen LogP contribution is 2.42. The fourth-order valence-electron chi connectivity index (χ4n) is 10.0. The highest BCUT2D eigenvalue weighted by molar-refractivity contribution is 6.90. The van der Waals surface area contributed by atoms with Gasteiger partial charge >= 0.3 is 0 Å². The van der Waals surface area contributed by atoms with Crippen molar-refractivity contribution in [2.75, 3.05) is 0 Å². The molecule has 5 heterocycles. The standard InChI is InChI=1S/C62H60N4Si2/c1-40(2)68(41(3)4,42(5)6)39-37-46-18-26-50(27-19-46)62-57-34-30-53(65-57)59(47-20-12-43(7)13-21-47)51-28-32-55(63-51)61(49-24-16-45(17-25-49)36-38-67(9,10)11)56-33-29-52(64-56)60(54-31-35-58(62)66-54)48-22-14-44(8)15-23-48/h12-35,40-42H,1-11H3. The quantitative estimate of drug-likeness (QED) is 0.131. The minimum absolute atomic E-state index is 0.560. The van der Waals surface area contributed by atoms with Crippen LogP contribution >= 0.6 is 0 Å². The van der Waals surface area contributed by atoms with Gasteiger partial charge in [-0.1, -0.05) is 157 Å². The van der Waals surface area contributed by atoms with E-state index in [-0.39, 0.29) is 0 Å². The molecule has 0 saturated carbocycles. The van der Waals surface area contributed by atoms with Crippen molar-refractivity contribution < 1.29 is 0 Å². The number of rotatable bonds is 7. The van der Waals surface area contributed by atoms with Crippen LogP contribution in [0.3, 0.4) is 0 Å². The highest BCUT2D eigenvalue weighted by Gasteiger charge is 2.41. The van der Waals surface area contributed by atoms with E-state index in [1.165, 1.54) is 11.1 Å². The number of nitrogens with zero attached hydrogens (tertiary/aromatic N) is 4. The van der Waals surface area contributed by atoms with Crippen LogP contribution in [0.2, 0.25) is 36.3 Å². The van der Waals surface area contributed by atoms with E-state index in [0.29, 0.717) is 16.6 Å². The topological polar surface area (TPSA) is 49.4 Å². The van der Waals surface area contributed by atoms with E-state index in [4.69, 9.17) is 20.0 Å². The molecule has 8 bridgehead atoms. The monoisotopic (exact) mass is 916 g/mol. The van der Waals surface area contributed by atoms with E-state index in [0.717, 1.165) is 101 Å². The van der Waals surface area contributed by atoms with Gasteiger partial charge in [0.2, 0.25) is 0 Å². The average Bonchev–Trinajstić information content (AvgIpc) is 4.16. The van der Waals surface area contributed by atoms with E-state index in [1.54, 1.807) is 0 Å². The summed E-state index contributed by atoms with van der Waals surface area (Å²) in [7, 11) is -3.47. The minimum atomic E-state index is -1.91. The third-order valence-corrected chi connectivity index (χ3v) is 20.7. The molecule has 9 rings (SSSR count). The van der Waals surface area contributed by atoms with Crippen LogP contribution < -0.4 is 0 Å². The van der Waals surface area contributed by atoms with E-state index in [9.17, 15) is 0 Å². The van der Waals surface area contributed by atoms with Gasteiger partial charge in [0.15, 0.2) is 0 Å². The van der Waals surface area contributed by atoms with E-state index < -0.39 is 16.1 Å². The molecule has 0 unspecified atom stereocenters. The van der Waals surface area contributed by atoms with Crippen molar-refractivity contribution in [2.24, 2.45) is 20.0 Å². The highest BCUT2D eigenvalue weighted by atomic mass is 28.3. The van der Waals surface area contributed by atoms with Crippen LogP contribution in [0, 0.1) is 36.8 Å². The molecule has 6 heteroatoms. The molecule has 336 valence electrons. The van der Waals surface area contributed by atoms with Gasteiger partial charge in [0.1, 0.15) is 16.1 Å². The molecule has 0 N–H and O–H groups in total. The number of aryl methyl sites for hydroxylation is 2. The molecule has 0 atom stereocenters. The largest absolute Gasteiger partial charge is 0.248 e. The Morgan fingerprint density at radius 1 is 0.353 bits per heavy atom. The van der Waals surface area contributed by atoms with Crippen molar-refractivity contribution in [3.63, 3.8) is 0 Å². The van der Waals surface area contributed by atoms with Crippen molar-refractivity contribution in [2.45, 2.75) is 91.7 Å². The minimum Gasteiger partial charge on any atom is -0.248 e. The smallest absolute Gasteiger partial charge is 0.146 e. The Morgan fingerprint density at radius 2 is 0.618 bits per heavy atom. The summed E-state index contributed by atoms with van der Waals surface area (Å²) in [5.41, 5.74) is 28.2. The van der Waals surface area contributed by atoms with Gasteiger partial charge in [0.05, 0.1) is 45.6 Å². The summed E-state index contributed by atoms with van der Waals surface area (Å²) in [6.45, 7) is 25.2. The molecule has 0 fully saturated rings. The zero-order valence-corrected chi connectivity index (χ0v) is 43.4. The maximum atomic E-state index is 5.50. The van der Waals surface area contributed by atoms with Gasteiger partial charge in [-0.25, -0.2) is 20.0 Å². The Balaban J connectivity index is 1.27. The van der Waals surface area contributed by atoms with Gasteiger partial charge < -0.3 is 0 Å². The number of aliphatic imine (C=N–C) groups is 4. The second-order valence-corrected chi connectivity index (χ2v) is 30.7. The number of allylic oxidation sites excluding steroid dienone is 12. The van der Waals surface area contributed by atoms with Gasteiger partial charge in [-0.05, 0) is 126 Å². The lowest BCUT2D eigenvalue weighted by Crippen LogP contribution is -2.43. The summed E-state index contributed by atoms with van der Waals surface area (Å²) in [5.74, 6) is 7.10. The average molecular weight is 917 g/mol. The summed E-state index contributed by atoms with van der Waals surface area (Å²) in [4.78, 5) is 22.0. The van der Waals surface area contributed by atoms with Crippen LogP contribution in [0.15, 0.2) is 188 Å². The first kappa shape index (κ1) is 46.2. The second kappa shape index (κ2) is 18.6. The van der Waals surface area contributed by atoms with Gasteiger partial charge in [0, 0.05) is 33.4 Å². The summed E-state index contributed by atoms with van der Waals surface area (Å²) in [5, 5.41) is 0. The molecule has 4 aromatic carbocycles. The van der Waals surface area contributed by atoms with Crippen molar-refractivity contribution in [3.05, 3.63) is 213 Å². The molecule has 4 nitrogen and oxygen atoms in total. The lowest BCUT2D eigenvalue weighted by atomic mass is 9.97. The Labute approximate surface area is 406 Å². The van der Waals surface area contributed by atoms with Crippen molar-refractivity contribution in [3.8, 4) is 22.9 Å². The van der Waals surface area contributed by atoms with E-state index in [1.807, 2.05) is 0 Å². The maximum absolute atomic E-state index is 5.50. The summed E-state index contributed by atoms with van der Waals surface area (Å²) < 4.78 is 0. The van der Waals surface area contributed by atoms with Gasteiger partial charge in [0.25, 0.3) is 0 Å². The second-order valence-electron chi connectivity index (χ2n) is 20.4. The van der Waals surface area contributed by atoms with E-state index in [2.05, 4.69) is 244 Å². The summed E-state index contributed by atoms with van der Waals surface area (Å²) >= 11 is 0. The fraction of sp³-hybridized carbons (Fsp3) is 0.226. The molecule has 5 aliphatic rings. The number of hydrogen-bond donors (Lipinski definition) is 0. The lowest BCUT2D eigenvalue weighted by Gasteiger charge is -2.38. The summed E-state index contributed by atoms with van der Waals surface area (Å²) in [6.07, 6.45) is 17.0. The zero-order valence-electron chi connectivity index (χ0n) is 41.4. The van der Waals surface area contributed by atoms with Gasteiger partial charge in [-0.3, -0.25) is 0 Å². The predicted molar refractivity (Wildman–Crippen MR) is 297 cm³/mol. The molecule has 5 aliphatic heterocycles. The molecule has 0 amide bonds. The molecule has 68 heavy (non-hydrogen) atoms. The van der Waals surface area contributed by atoms with E-state index >= 15 is 0 Å². The Hall–Kier alpha value is -6.97. The first-order valence-electron chi connectivity index (χ1n) is 24.0. The first-order chi connectivity index (χ1) is 32.6. The molecule has 4 aromatic rings. The predicted octanol–water partition coefficient (Wildman–Crippen LogP) is 15.1. The number of benzene rings is 4. The Kier molecular flexibility index (Phi) is 12.6. The molecule has 0 saturated heterocycles. The molecule has 0 aliphatic carbocycles. The van der Waals surface area contributed by atoms with Crippen molar-refractivity contribution in [1.82, 2.24) is 0 Å². The van der Waals surface area contributed by atoms with Gasteiger partial charge in [-0.15, -0.1) is 11.1 Å². The molecular weight excluding hydrogens is 857 g/mol. The van der Waals surface area contributed by atoms with Crippen LogP contribution in [0.25, 0.3) is 22.3 Å². The summed E-state index contributed by atoms with van der Waals surface area (Å²) in [6, 6.07) is 34.6. The zero-order chi connectivity index (χ0) is 47.9. The SMILES string of the molecule is Cc1ccc(C2=C3C=CC(=N3)C(c3ccc(C#C[Si](C(C)C)(C(C)C)C(C)C)cc3)=C3C=CC(=N3)C(c3ccc(C)cc3)=C3C=CC(=N3)C(c3ccc(C#C[Si](C)(C)C)cc3)=C3C=CC2=N3)cc1. The Morgan fingerprint density at radius 3 is 0.882 bits per heavy atom. The van der Waals surface area contributed by atoms with Gasteiger partial charge in [-0.2, -0.15) is 0 Å². The Bertz CT molecular complexity index is 3180. The number of hydrogen-bond acceptors (Lipinski definition) is 4. The normalized spacial score (nSPS) is 16.5. The molecule has 0 spiro atoms. The molecule has 0 radical (unpaired) electrons. The molecular formula is C62H60N4Si2. The third kappa shape index (κ3) is 9.20. The van der Waals surface area contributed by atoms with Crippen LogP contribution in [-0.4, -0.2) is 39.0 Å². The van der Waals surface area contributed by atoms with Crippen LogP contribution in [0.1, 0.15) is 86.1 Å². The third-order valence-electron chi connectivity index (χ3n) is 13.5. The van der Waals surface area contributed by atoms with Crippen molar-refractivity contribution >= 4 is 61.3 Å². The maximum Gasteiger partial charge on any atom is 0.146 e. The molecule has 0 aromatic heterocycles. The van der Waals surface area contributed by atoms with Crippen LogP contribution in [0.5, 0.6) is 0 Å². The first-order valence-corrected chi connectivity index (χ1v) is 29.8. The van der Waals surface area contributed by atoms with Crippen LogP contribution in [0.4, 0.5) is 0 Å².